The fraction of sp³-hybridized carbons (Fsp3) is 0.411. The Labute approximate surface area is 598 Å². The molecule has 0 aliphatic rings. The van der Waals surface area contributed by atoms with Crippen LogP contribution in [0.3, 0.4) is 0 Å². The molecular formula is C56H98BBr2NNaO21P6S2. The van der Waals surface area contributed by atoms with Gasteiger partial charge < -0.3 is 60.7 Å². The number of nitrogens with zero attached hydrogens (tertiary/aromatic N) is 1. The predicted molar refractivity (Wildman–Crippen MR) is 385 cm³/mol. The van der Waals surface area contributed by atoms with E-state index >= 15 is 0 Å². The van der Waals surface area contributed by atoms with Gasteiger partial charge in [0.1, 0.15) is 12.6 Å². The molecule has 0 aromatic heterocycles. The molecule has 5 unspecified atom stereocenters. The summed E-state index contributed by atoms with van der Waals surface area (Å²) in [6.45, 7) is 23.0. The maximum atomic E-state index is 10.7. The first kappa shape index (κ1) is 117. The van der Waals surface area contributed by atoms with Crippen LogP contribution in [0.15, 0.2) is 145 Å². The summed E-state index contributed by atoms with van der Waals surface area (Å²) in [5.74, 6) is 1.43. The number of alkyl halides is 1. The van der Waals surface area contributed by atoms with Gasteiger partial charge in [-0.15, -0.1) is 17.8 Å². The number of halogens is 2. The molecule has 0 heterocycles. The number of carboxylic acids is 1. The van der Waals surface area contributed by atoms with Gasteiger partial charge in [-0.2, -0.15) is 8.42 Å². The molecule has 22 nitrogen and oxygen atoms in total. The Morgan fingerprint density at radius 3 is 1.13 bits per heavy atom. The molecule has 0 amide bonds. The number of thiol groups is 1. The predicted octanol–water partition coefficient (Wildman–Crippen LogP) is 6.62. The smallest absolute Gasteiger partial charge is 1.00 e. The Balaban J connectivity index is -0.0000000605. The Kier molecular flexibility index (Phi) is 124. The van der Waals surface area contributed by atoms with E-state index in [1.807, 2.05) is 72.0 Å². The van der Waals surface area contributed by atoms with Crippen molar-refractivity contribution in [1.82, 2.24) is 0 Å². The van der Waals surface area contributed by atoms with Gasteiger partial charge in [-0.05, 0) is 134 Å². The van der Waals surface area contributed by atoms with Gasteiger partial charge in [0.2, 0.25) is 0 Å². The molecule has 0 aliphatic carbocycles. The molecule has 0 aromatic carbocycles. The van der Waals surface area contributed by atoms with Crippen LogP contribution < -0.4 is 46.5 Å². The van der Waals surface area contributed by atoms with E-state index in [0.29, 0.717) is 49.9 Å². The molecule has 0 aromatic rings. The van der Waals surface area contributed by atoms with Crippen LogP contribution in [0.1, 0.15) is 96.4 Å². The molecule has 0 rings (SSSR count). The summed E-state index contributed by atoms with van der Waals surface area (Å²) in [7, 11) is 18.7. The Morgan fingerprint density at radius 1 is 0.633 bits per heavy atom. The first-order chi connectivity index (χ1) is 41.0. The largest absolute Gasteiger partial charge is 1.00 e. The van der Waals surface area contributed by atoms with E-state index < -0.39 is 16.4 Å². The molecule has 0 aliphatic heterocycles. The van der Waals surface area contributed by atoms with Crippen LogP contribution in [0.25, 0.3) is 0 Å². The molecule has 0 fully saturated rings. The molecule has 34 heteroatoms. The maximum Gasteiger partial charge on any atom is 1.00 e. The fourth-order valence-corrected chi connectivity index (χ4v) is 5.20. The number of esters is 5. The van der Waals surface area contributed by atoms with E-state index in [-0.39, 0.29) is 90.7 Å². The van der Waals surface area contributed by atoms with Crippen molar-refractivity contribution in [3.8, 4) is 0 Å². The summed E-state index contributed by atoms with van der Waals surface area (Å²) in [6, 6.07) is 0. The minimum Gasteiger partial charge on any atom is -1.00 e. The summed E-state index contributed by atoms with van der Waals surface area (Å²) in [5.41, 5.74) is 5.11. The normalized spacial score (nSPS) is 11.6. The number of ether oxygens (including phenoxy) is 7. The number of allylic oxidation sites excluding steroid dienone is 18. The first-order valence-corrected chi connectivity index (χ1v) is 35.9. The third-order valence-electron chi connectivity index (χ3n) is 8.26. The van der Waals surface area contributed by atoms with Crippen molar-refractivity contribution in [2.75, 3.05) is 61.3 Å². The topological polar surface area (TPSA) is 338 Å². The standard InChI is InChI=1S/2C10H14O2.C7H12O2.C6H9BrO2.C6H12O2P2.C6H10O2P2.C6H10O2.C5H8O2.BHNS.BrH.Na.H2O4S.H2O.H4P2/c2*1-9(8-11)6-4-5-7-10(2)12-3;1-4-5-6(2)7(8)9-3;1-3-5(4-7)6(8)9-2;2*1-5(3-4-10-9)6(7)8-2;1-4-5(2)6(7)8-3;1-3-4(2)5(6)7;1-2-3;;;1-5(2,3)4;;1-2/h2*4-8H,1-3H3;5H,4H2,1-3H3;3H,4H2,1-2H3;3,10H,4,9H2,1-2H3;3-4H,9H2,1-2H3;4H,1-3H3;3H,1-2H3,(H,6,7);3H;1H;;(H2,1,2,3,4);1H2;1-2H2/q;;;;;;;;;;+1;;;/p-1/b5-4+,9-6?,10-7+;5-4+,9-6-,10-7+;6-5+;3*5-3+;5-4+;4-3+;;;;;;/i;;;;;;;;;;;;;1T. The first-order valence-electron chi connectivity index (χ1n) is 25.0. The maximum absolute atomic E-state index is 10.7. The van der Waals surface area contributed by atoms with E-state index in [1.165, 1.54) is 35.5 Å². The van der Waals surface area contributed by atoms with Crippen molar-refractivity contribution >= 4 is 153 Å². The van der Waals surface area contributed by atoms with Crippen molar-refractivity contribution in [2.45, 2.75) is 96.4 Å². The number of aliphatic carboxylic acids is 1. The van der Waals surface area contributed by atoms with Crippen LogP contribution >= 0.6 is 80.6 Å². The van der Waals surface area contributed by atoms with Gasteiger partial charge in [0.05, 0.1) is 62.6 Å². The minimum absolute atomic E-state index is 0. The molecule has 0 bridgehead atoms. The van der Waals surface area contributed by atoms with Crippen LogP contribution in [0.5, 0.6) is 0 Å². The van der Waals surface area contributed by atoms with Crippen molar-refractivity contribution < 1.29 is 146 Å². The fourth-order valence-electron chi connectivity index (χ4n) is 3.20. The van der Waals surface area contributed by atoms with Gasteiger partial charge in [0.15, 0.2) is 0 Å². The summed E-state index contributed by atoms with van der Waals surface area (Å²) in [5, 5.41) is 8.67. The van der Waals surface area contributed by atoms with E-state index in [0.717, 1.165) is 52.8 Å². The van der Waals surface area contributed by atoms with Crippen LogP contribution in [0.4, 0.5) is 0 Å². The summed E-state index contributed by atoms with van der Waals surface area (Å²) in [4.78, 5) is 83.3. The zero-order valence-corrected chi connectivity index (χ0v) is 69.1. The molecule has 90 heavy (non-hydrogen) atoms. The molecule has 0 saturated heterocycles. The zero-order valence-electron chi connectivity index (χ0n) is 56.6. The minimum atomic E-state index is -4.67. The van der Waals surface area contributed by atoms with Crippen molar-refractivity contribution in [2.24, 2.45) is 4.30 Å². The Hall–Kier alpha value is -3.04. The Morgan fingerprint density at radius 2 is 0.933 bits per heavy atom. The van der Waals surface area contributed by atoms with Crippen LogP contribution in [0.2, 0.25) is 0 Å². The van der Waals surface area contributed by atoms with Gasteiger partial charge in [-0.1, -0.05) is 107 Å². The summed E-state index contributed by atoms with van der Waals surface area (Å²) in [6.07, 6.45) is 28.4. The summed E-state index contributed by atoms with van der Waals surface area (Å²) < 4.78 is 72.6. The number of hydrogen-bond donors (Lipinski definition) is 4. The van der Waals surface area contributed by atoms with Crippen molar-refractivity contribution in [3.63, 3.8) is 0 Å². The number of hydrogen-bond acceptors (Lipinski definition) is 20. The molecule has 1 radical (unpaired) electrons. The van der Waals surface area contributed by atoms with E-state index in [2.05, 4.69) is 82.2 Å². The van der Waals surface area contributed by atoms with E-state index in [4.69, 9.17) is 33.4 Å². The third kappa shape index (κ3) is 116. The monoisotopic (exact) mass is 1560 g/mol. The third-order valence-corrected chi connectivity index (χ3v) is 11.1. The zero-order chi connectivity index (χ0) is 71.7. The number of aldehydes is 2. The second-order valence-electron chi connectivity index (χ2n) is 14.8. The number of rotatable bonds is 19. The molecule has 513 valence electrons. The van der Waals surface area contributed by atoms with Crippen molar-refractivity contribution in [1.29, 1.82) is 1.28 Å². The average molecular weight is 1570 g/mol. The van der Waals surface area contributed by atoms with Gasteiger partial charge in [-0.25, -0.2) is 28.8 Å². The van der Waals surface area contributed by atoms with E-state index in [1.54, 1.807) is 132 Å². The van der Waals surface area contributed by atoms with Gasteiger partial charge in [-0.3, -0.25) is 18.7 Å². The molecular weight excluding hydrogens is 1470 g/mol. The Bertz CT molecular complexity index is 2440. The van der Waals surface area contributed by atoms with Crippen LogP contribution in [-0.4, -0.2) is 152 Å². The summed E-state index contributed by atoms with van der Waals surface area (Å²) >= 11 is 6.34. The number of carboxylic acid groups (broad SMARTS) is 1. The number of carbonyl (C=O) groups excluding carboxylic acids is 7. The van der Waals surface area contributed by atoms with Gasteiger partial charge in [0, 0.05) is 53.2 Å². The van der Waals surface area contributed by atoms with E-state index in [9.17, 15) is 38.4 Å². The SMILES string of the molecule is C/C=C(\C)C(=O)O.C/C=C(\C)C(=O)OC.C/C=C(\CBr)C(=O)OC.CC/C=C(\C)C(=O)OC.CO/C(C)=C/C=C/C=C(/C)C=O.CO/C(C)=C/C=C/C=C(C)C=O.COC(=O)/C(C)=C/C=PP.COC(=O)/C(C)=C/CP[PH3+].O=S(=O)(O)O.[3H]PP.[B]=NS.[Br-].[Na+].[OH-]. The van der Waals surface area contributed by atoms with Crippen LogP contribution in [0, 0.1) is 0 Å². The number of methoxy groups -OCH3 is 7. The van der Waals surface area contributed by atoms with Gasteiger partial charge >= 0.3 is 101 Å². The van der Waals surface area contributed by atoms with Gasteiger partial charge in [0.25, 0.3) is 0 Å². The number of carbonyl (C=O) groups is 8. The van der Waals surface area contributed by atoms with Crippen molar-refractivity contribution in [3.05, 3.63) is 141 Å². The molecule has 5 atom stereocenters. The molecule has 0 spiro atoms. The van der Waals surface area contributed by atoms with Crippen LogP contribution in [-0.2, 0) is 81.9 Å². The quantitative estimate of drug-likeness (QED) is 0.00902. The second kappa shape index (κ2) is 94.7. The average Bonchev–Trinajstić information content (AvgIpc) is 3.53. The molecule has 4 N–H and O–H groups in total. The molecule has 0 saturated carbocycles. The second-order valence-corrected chi connectivity index (χ2v) is 20.4.